The Morgan fingerprint density at radius 1 is 1.09 bits per heavy atom. The SMILES string of the molecule is COc1cnc2c(-c3nc4cc(F)c(O[C@H]5CC(F)(F)CC[C@H]5OC(=O)Nc5cnc(OCCO)nc5)cc4s3)cc(C)cc2n1. The van der Waals surface area contributed by atoms with Crippen molar-refractivity contribution in [3.8, 4) is 28.2 Å². The van der Waals surface area contributed by atoms with Gasteiger partial charge in [-0.3, -0.25) is 5.32 Å². The lowest BCUT2D eigenvalue weighted by atomic mass is 9.91. The molecule has 1 aliphatic rings. The molecule has 1 amide bonds. The number of carbonyl (C=O) groups excluding carboxylic acids is 1. The fraction of sp³-hybridized carbons (Fsp3) is 0.333. The van der Waals surface area contributed by atoms with Crippen LogP contribution in [0.5, 0.6) is 17.6 Å². The van der Waals surface area contributed by atoms with Gasteiger partial charge in [-0.05, 0) is 31.0 Å². The van der Waals surface area contributed by atoms with Crippen LogP contribution in [0.4, 0.5) is 23.7 Å². The molecule has 3 heterocycles. The zero-order chi connectivity index (χ0) is 32.4. The molecule has 1 fully saturated rings. The van der Waals surface area contributed by atoms with E-state index in [1.807, 2.05) is 19.1 Å². The van der Waals surface area contributed by atoms with Crippen LogP contribution >= 0.6 is 11.3 Å². The van der Waals surface area contributed by atoms with Crippen LogP contribution in [-0.4, -0.2) is 74.6 Å². The molecule has 0 aliphatic heterocycles. The molecule has 0 unspecified atom stereocenters. The molecule has 2 aromatic carbocycles. The first-order chi connectivity index (χ1) is 22.1. The number of amides is 1. The van der Waals surface area contributed by atoms with Gasteiger partial charge < -0.3 is 24.1 Å². The number of aryl methyl sites for hydroxylation is 1. The minimum atomic E-state index is -3.10. The number of carbonyl (C=O) groups is 1. The van der Waals surface area contributed by atoms with E-state index >= 15 is 4.39 Å². The molecule has 12 nitrogen and oxygen atoms in total. The van der Waals surface area contributed by atoms with Gasteiger partial charge in [-0.1, -0.05) is 0 Å². The van der Waals surface area contributed by atoms with Crippen molar-refractivity contribution in [1.29, 1.82) is 0 Å². The van der Waals surface area contributed by atoms with Crippen LogP contribution in [-0.2, 0) is 4.74 Å². The second-order valence-corrected chi connectivity index (χ2v) is 11.5. The molecule has 2 atom stereocenters. The van der Waals surface area contributed by atoms with Gasteiger partial charge in [0, 0.05) is 24.1 Å². The van der Waals surface area contributed by atoms with E-state index in [1.54, 1.807) is 0 Å². The second-order valence-electron chi connectivity index (χ2n) is 10.5. The Balaban J connectivity index is 1.22. The molecule has 6 rings (SSSR count). The first-order valence-electron chi connectivity index (χ1n) is 14.1. The summed E-state index contributed by atoms with van der Waals surface area (Å²) < 4.78 is 66.4. The van der Waals surface area contributed by atoms with Crippen molar-refractivity contribution in [1.82, 2.24) is 24.9 Å². The van der Waals surface area contributed by atoms with Gasteiger partial charge in [0.25, 0.3) is 5.92 Å². The summed E-state index contributed by atoms with van der Waals surface area (Å²) in [5.41, 5.74) is 3.29. The number of aromatic nitrogens is 5. The summed E-state index contributed by atoms with van der Waals surface area (Å²) in [5.74, 6) is -3.82. The van der Waals surface area contributed by atoms with Crippen LogP contribution in [0, 0.1) is 12.7 Å². The fourth-order valence-electron chi connectivity index (χ4n) is 5.00. The summed E-state index contributed by atoms with van der Waals surface area (Å²) in [6.07, 6.45) is -0.932. The molecular weight excluding hydrogens is 629 g/mol. The van der Waals surface area contributed by atoms with Crippen LogP contribution < -0.4 is 19.5 Å². The smallest absolute Gasteiger partial charge is 0.412 e. The molecule has 0 radical (unpaired) electrons. The average Bonchev–Trinajstić information content (AvgIpc) is 3.43. The minimum absolute atomic E-state index is 0.00464. The van der Waals surface area contributed by atoms with Gasteiger partial charge in [0.05, 0.1) is 65.7 Å². The standard InChI is InChI=1S/C30H27F3N6O6S/c1-15-7-17(26-20(8-15)38-25(42-2)14-34-26)27-39-19-9-18(31)22(10-24(19)46-27)44-23-11-30(32,33)4-3-21(23)45-29(41)37-16-12-35-28(36-13-16)43-6-5-40/h7-10,12-14,21,23,40H,3-6,11H2,1-2H3,(H,37,41)/t21-,23+/m1/s1. The van der Waals surface area contributed by atoms with Gasteiger partial charge in [-0.25, -0.2) is 42.9 Å². The van der Waals surface area contributed by atoms with E-state index in [0.717, 1.165) is 5.56 Å². The lowest BCUT2D eigenvalue weighted by Gasteiger charge is -2.35. The van der Waals surface area contributed by atoms with Gasteiger partial charge in [0.1, 0.15) is 23.8 Å². The number of methoxy groups -OCH3 is 1. The Kier molecular flexibility index (Phi) is 8.73. The minimum Gasteiger partial charge on any atom is -0.483 e. The third-order valence-corrected chi connectivity index (χ3v) is 8.14. The summed E-state index contributed by atoms with van der Waals surface area (Å²) in [7, 11) is 1.50. The number of alkyl halides is 2. The van der Waals surface area contributed by atoms with Crippen molar-refractivity contribution >= 4 is 44.4 Å². The van der Waals surface area contributed by atoms with Gasteiger partial charge in [-0.15, -0.1) is 11.3 Å². The largest absolute Gasteiger partial charge is 0.483 e. The topological polar surface area (TPSA) is 151 Å². The maximum atomic E-state index is 15.3. The third kappa shape index (κ3) is 6.87. The third-order valence-electron chi connectivity index (χ3n) is 7.09. The van der Waals surface area contributed by atoms with Crippen LogP contribution in [0.3, 0.4) is 0 Å². The van der Waals surface area contributed by atoms with Crippen molar-refractivity contribution in [3.05, 3.63) is 54.2 Å². The number of aliphatic hydroxyl groups excluding tert-OH is 1. The summed E-state index contributed by atoms with van der Waals surface area (Å²) in [6.45, 7) is 1.68. The number of thiazole rings is 1. The van der Waals surface area contributed by atoms with E-state index in [-0.39, 0.29) is 37.1 Å². The number of halogens is 3. The normalized spacial score (nSPS) is 17.5. The van der Waals surface area contributed by atoms with Crippen molar-refractivity contribution in [3.63, 3.8) is 0 Å². The van der Waals surface area contributed by atoms with Gasteiger partial charge in [-0.2, -0.15) is 0 Å². The highest BCUT2D eigenvalue weighted by Gasteiger charge is 2.45. The number of nitrogens with one attached hydrogen (secondary N) is 1. The molecule has 240 valence electrons. The number of anilines is 1. The van der Waals surface area contributed by atoms with Crippen LogP contribution in [0.15, 0.2) is 42.9 Å². The summed E-state index contributed by atoms with van der Waals surface area (Å²) in [6, 6.07) is 6.34. The monoisotopic (exact) mass is 656 g/mol. The molecular formula is C30H27F3N6O6S. The Morgan fingerprint density at radius 3 is 2.65 bits per heavy atom. The van der Waals surface area contributed by atoms with Crippen molar-refractivity contribution in [2.24, 2.45) is 0 Å². The lowest BCUT2D eigenvalue weighted by molar-refractivity contribution is -0.114. The number of fused-ring (bicyclic) bond motifs is 2. The van der Waals surface area contributed by atoms with Crippen molar-refractivity contribution in [2.75, 3.05) is 25.6 Å². The molecule has 0 bridgehead atoms. The average molecular weight is 657 g/mol. The zero-order valence-corrected chi connectivity index (χ0v) is 25.3. The maximum Gasteiger partial charge on any atom is 0.412 e. The Labute approximate surface area is 263 Å². The maximum absolute atomic E-state index is 15.3. The molecule has 0 saturated heterocycles. The molecule has 1 aliphatic carbocycles. The highest BCUT2D eigenvalue weighted by atomic mass is 32.1. The molecule has 2 N–H and O–H groups in total. The van der Waals surface area contributed by atoms with Crippen molar-refractivity contribution in [2.45, 2.75) is 44.3 Å². The highest BCUT2D eigenvalue weighted by Crippen LogP contribution is 2.40. The number of benzene rings is 2. The van der Waals surface area contributed by atoms with E-state index in [9.17, 15) is 13.6 Å². The quantitative estimate of drug-likeness (QED) is 0.201. The van der Waals surface area contributed by atoms with Gasteiger partial charge in [0.2, 0.25) is 5.88 Å². The van der Waals surface area contributed by atoms with Gasteiger partial charge in [0.15, 0.2) is 11.6 Å². The molecule has 0 spiro atoms. The number of nitrogens with zero attached hydrogens (tertiary/aromatic N) is 5. The number of hydrogen-bond acceptors (Lipinski definition) is 12. The fourth-order valence-corrected chi connectivity index (χ4v) is 6.00. The Morgan fingerprint density at radius 2 is 1.89 bits per heavy atom. The first kappa shape index (κ1) is 31.2. The first-order valence-corrected chi connectivity index (χ1v) is 14.9. The predicted octanol–water partition coefficient (Wildman–Crippen LogP) is 5.71. The number of ether oxygens (including phenoxy) is 4. The Bertz CT molecular complexity index is 1890. The summed E-state index contributed by atoms with van der Waals surface area (Å²) >= 11 is 1.25. The van der Waals surface area contributed by atoms with E-state index in [2.05, 4.69) is 30.2 Å². The predicted molar refractivity (Wildman–Crippen MR) is 161 cm³/mol. The number of aliphatic hydroxyl groups is 1. The van der Waals surface area contributed by atoms with Crippen LogP contribution in [0.25, 0.3) is 31.8 Å². The molecule has 16 heteroatoms. The zero-order valence-electron chi connectivity index (χ0n) is 24.5. The van der Waals surface area contributed by atoms with Gasteiger partial charge >= 0.3 is 12.1 Å². The highest BCUT2D eigenvalue weighted by molar-refractivity contribution is 7.21. The number of rotatable bonds is 9. The molecule has 3 aromatic heterocycles. The molecule has 46 heavy (non-hydrogen) atoms. The van der Waals surface area contributed by atoms with Crippen LogP contribution in [0.2, 0.25) is 0 Å². The summed E-state index contributed by atoms with van der Waals surface area (Å²) in [4.78, 5) is 34.0. The Hall–Kier alpha value is -4.83. The second kappa shape index (κ2) is 12.9. The lowest BCUT2D eigenvalue weighted by Crippen LogP contribution is -2.45. The van der Waals surface area contributed by atoms with E-state index < -0.39 is 42.9 Å². The van der Waals surface area contributed by atoms with E-state index in [4.69, 9.17) is 24.1 Å². The van der Waals surface area contributed by atoms with E-state index in [0.29, 0.717) is 37.7 Å². The summed E-state index contributed by atoms with van der Waals surface area (Å²) in [5, 5.41) is 11.8. The van der Waals surface area contributed by atoms with Crippen LogP contribution in [0.1, 0.15) is 24.8 Å². The molecule has 1 saturated carbocycles. The van der Waals surface area contributed by atoms with E-state index in [1.165, 1.54) is 49.2 Å². The van der Waals surface area contributed by atoms with Crippen molar-refractivity contribution < 1.29 is 42.0 Å². The molecule has 5 aromatic rings. The number of hydrogen-bond donors (Lipinski definition) is 2.